The quantitative estimate of drug-likeness (QED) is 0.680. The van der Waals surface area contributed by atoms with Crippen molar-refractivity contribution < 1.29 is 22.7 Å². The number of carbonyl (C=O) groups is 1. The van der Waals surface area contributed by atoms with Crippen LogP contribution in [0.15, 0.2) is 48.7 Å². The Morgan fingerprint density at radius 3 is 2.39 bits per heavy atom. The molecule has 28 heavy (non-hydrogen) atoms. The normalized spacial score (nSPS) is 12.2. The molecule has 0 saturated carbocycles. The van der Waals surface area contributed by atoms with E-state index < -0.39 is 23.4 Å². The minimum absolute atomic E-state index is 0.301. The van der Waals surface area contributed by atoms with E-state index in [1.807, 2.05) is 12.1 Å². The van der Waals surface area contributed by atoms with Crippen molar-refractivity contribution in [2.75, 3.05) is 0 Å². The second-order valence-corrected chi connectivity index (χ2v) is 7.36. The average molecular weight is 391 g/mol. The van der Waals surface area contributed by atoms with E-state index in [1.165, 1.54) is 10.7 Å². The third-order valence-electron chi connectivity index (χ3n) is 3.88. The molecule has 0 aliphatic rings. The Morgan fingerprint density at radius 1 is 1.11 bits per heavy atom. The van der Waals surface area contributed by atoms with Gasteiger partial charge in [0.1, 0.15) is 5.60 Å². The number of benzene rings is 1. The molecule has 3 rings (SSSR count). The summed E-state index contributed by atoms with van der Waals surface area (Å²) in [6.07, 6.45) is -3.60. The molecule has 0 bridgehead atoms. The molecular formula is C20H20F3N3O2. The van der Waals surface area contributed by atoms with E-state index in [1.54, 1.807) is 39.0 Å². The number of rotatable bonds is 3. The molecule has 0 aliphatic heterocycles. The van der Waals surface area contributed by atoms with Crippen molar-refractivity contribution in [2.24, 2.45) is 0 Å². The molecule has 0 saturated heterocycles. The first kappa shape index (κ1) is 19.7. The van der Waals surface area contributed by atoms with Gasteiger partial charge >= 0.3 is 12.3 Å². The fraction of sp³-hybridized carbons (Fsp3) is 0.300. The first-order chi connectivity index (χ1) is 13.0. The minimum Gasteiger partial charge on any atom is -0.444 e. The molecule has 0 aliphatic carbocycles. The second kappa shape index (κ2) is 7.18. The zero-order valence-corrected chi connectivity index (χ0v) is 15.7. The van der Waals surface area contributed by atoms with E-state index in [9.17, 15) is 18.0 Å². The zero-order valence-electron chi connectivity index (χ0n) is 15.7. The standard InChI is InChI=1S/C20H20F3N3O2/c1-19(2,3)28-18(27)24-12-13-4-6-14(7-5-13)17-11-16-10-15(20(21,22)23)8-9-26(16)25-17/h4-11H,12H2,1-3H3,(H,24,27). The largest absolute Gasteiger partial charge is 0.444 e. The lowest BCUT2D eigenvalue weighted by Crippen LogP contribution is -2.32. The lowest BCUT2D eigenvalue weighted by atomic mass is 10.1. The number of ether oxygens (including phenoxy) is 1. The molecule has 2 aromatic heterocycles. The number of alkyl halides is 3. The molecule has 0 unspecified atom stereocenters. The van der Waals surface area contributed by atoms with Crippen molar-refractivity contribution >= 4 is 11.6 Å². The Labute approximate surface area is 160 Å². The van der Waals surface area contributed by atoms with Gasteiger partial charge in [-0.15, -0.1) is 0 Å². The number of hydrogen-bond donors (Lipinski definition) is 1. The molecule has 0 atom stereocenters. The molecule has 0 spiro atoms. The number of alkyl carbamates (subject to hydrolysis) is 1. The molecule has 3 aromatic rings. The van der Waals surface area contributed by atoms with Crippen molar-refractivity contribution in [3.8, 4) is 11.3 Å². The van der Waals surface area contributed by atoms with E-state index in [0.717, 1.165) is 23.3 Å². The van der Waals surface area contributed by atoms with Crippen LogP contribution in [0.25, 0.3) is 16.8 Å². The van der Waals surface area contributed by atoms with Gasteiger partial charge in [0.25, 0.3) is 0 Å². The maximum atomic E-state index is 12.8. The minimum atomic E-state index is -4.39. The summed E-state index contributed by atoms with van der Waals surface area (Å²) in [7, 11) is 0. The smallest absolute Gasteiger partial charge is 0.416 e. The van der Waals surface area contributed by atoms with Gasteiger partial charge in [0.05, 0.1) is 16.8 Å². The van der Waals surface area contributed by atoms with Crippen molar-refractivity contribution in [2.45, 2.75) is 39.1 Å². The molecule has 0 radical (unpaired) electrons. The predicted molar refractivity (Wildman–Crippen MR) is 98.7 cm³/mol. The molecule has 148 valence electrons. The molecule has 2 heterocycles. The van der Waals surface area contributed by atoms with Crippen molar-refractivity contribution in [1.29, 1.82) is 0 Å². The van der Waals surface area contributed by atoms with Crippen LogP contribution in [0.2, 0.25) is 0 Å². The highest BCUT2D eigenvalue weighted by Gasteiger charge is 2.30. The maximum Gasteiger partial charge on any atom is 0.416 e. The van der Waals surface area contributed by atoms with Gasteiger partial charge in [-0.1, -0.05) is 24.3 Å². The molecule has 1 N–H and O–H groups in total. The van der Waals surface area contributed by atoms with E-state index in [0.29, 0.717) is 17.8 Å². The fourth-order valence-electron chi connectivity index (χ4n) is 2.59. The summed E-state index contributed by atoms with van der Waals surface area (Å²) in [5.74, 6) is 0. The van der Waals surface area contributed by atoms with E-state index in [4.69, 9.17) is 4.74 Å². The Balaban J connectivity index is 1.72. The fourth-order valence-corrected chi connectivity index (χ4v) is 2.59. The van der Waals surface area contributed by atoms with E-state index in [-0.39, 0.29) is 0 Å². The van der Waals surface area contributed by atoms with Crippen LogP contribution in [0, 0.1) is 0 Å². The highest BCUT2D eigenvalue weighted by atomic mass is 19.4. The number of halogens is 3. The lowest BCUT2D eigenvalue weighted by molar-refractivity contribution is -0.137. The van der Waals surface area contributed by atoms with Crippen LogP contribution >= 0.6 is 0 Å². The monoisotopic (exact) mass is 391 g/mol. The Bertz CT molecular complexity index is 987. The third-order valence-corrected chi connectivity index (χ3v) is 3.88. The van der Waals surface area contributed by atoms with Gasteiger partial charge in [0.2, 0.25) is 0 Å². The maximum absolute atomic E-state index is 12.8. The Kier molecular flexibility index (Phi) is 5.06. The van der Waals surface area contributed by atoms with Gasteiger partial charge < -0.3 is 10.1 Å². The van der Waals surface area contributed by atoms with Crippen LogP contribution in [0.4, 0.5) is 18.0 Å². The van der Waals surface area contributed by atoms with Crippen molar-refractivity contribution in [1.82, 2.24) is 14.9 Å². The number of hydrogen-bond acceptors (Lipinski definition) is 3. The Morgan fingerprint density at radius 2 is 1.79 bits per heavy atom. The van der Waals surface area contributed by atoms with Gasteiger partial charge in [-0.2, -0.15) is 18.3 Å². The highest BCUT2D eigenvalue weighted by Crippen LogP contribution is 2.30. The number of carbonyl (C=O) groups excluding carboxylic acids is 1. The van der Waals surface area contributed by atoms with Crippen molar-refractivity contribution in [3.05, 3.63) is 59.8 Å². The second-order valence-electron chi connectivity index (χ2n) is 7.36. The molecule has 5 nitrogen and oxygen atoms in total. The average Bonchev–Trinajstić information content (AvgIpc) is 3.01. The Hall–Kier alpha value is -3.03. The van der Waals surface area contributed by atoms with Crippen molar-refractivity contribution in [3.63, 3.8) is 0 Å². The van der Waals surface area contributed by atoms with Gasteiger partial charge in [-0.25, -0.2) is 9.31 Å². The number of nitrogens with one attached hydrogen (secondary N) is 1. The van der Waals surface area contributed by atoms with Crippen LogP contribution in [0.3, 0.4) is 0 Å². The summed E-state index contributed by atoms with van der Waals surface area (Å²) in [6.45, 7) is 5.66. The van der Waals surface area contributed by atoms with Crippen LogP contribution in [-0.4, -0.2) is 21.3 Å². The topological polar surface area (TPSA) is 55.6 Å². The summed E-state index contributed by atoms with van der Waals surface area (Å²) in [4.78, 5) is 11.7. The van der Waals surface area contributed by atoms with Gasteiger partial charge in [-0.05, 0) is 44.5 Å². The summed E-state index contributed by atoms with van der Waals surface area (Å²) in [6, 6.07) is 10.9. The lowest BCUT2D eigenvalue weighted by Gasteiger charge is -2.19. The first-order valence-electron chi connectivity index (χ1n) is 8.64. The van der Waals surface area contributed by atoms with Gasteiger partial charge in [0.15, 0.2) is 0 Å². The molecular weight excluding hydrogens is 371 g/mol. The summed E-state index contributed by atoms with van der Waals surface area (Å²) < 4.78 is 45.1. The summed E-state index contributed by atoms with van der Waals surface area (Å²) in [5.41, 5.74) is 1.26. The van der Waals surface area contributed by atoms with Crippen LogP contribution in [0.5, 0.6) is 0 Å². The van der Waals surface area contributed by atoms with E-state index >= 15 is 0 Å². The van der Waals surface area contributed by atoms with Crippen LogP contribution in [0.1, 0.15) is 31.9 Å². The third kappa shape index (κ3) is 4.82. The number of aromatic nitrogens is 2. The van der Waals surface area contributed by atoms with Gasteiger partial charge in [0, 0.05) is 18.3 Å². The summed E-state index contributed by atoms with van der Waals surface area (Å²) >= 11 is 0. The number of pyridine rings is 1. The van der Waals surface area contributed by atoms with Crippen LogP contribution < -0.4 is 5.32 Å². The van der Waals surface area contributed by atoms with Crippen LogP contribution in [-0.2, 0) is 17.5 Å². The molecule has 0 fully saturated rings. The van der Waals surface area contributed by atoms with E-state index in [2.05, 4.69) is 10.4 Å². The highest BCUT2D eigenvalue weighted by molar-refractivity contribution is 5.68. The molecule has 1 amide bonds. The zero-order chi connectivity index (χ0) is 20.5. The number of nitrogens with zero attached hydrogens (tertiary/aromatic N) is 2. The predicted octanol–water partition coefficient (Wildman–Crippen LogP) is 5.04. The number of amides is 1. The SMILES string of the molecule is CC(C)(C)OC(=O)NCc1ccc(-c2cc3cc(C(F)(F)F)ccn3n2)cc1. The van der Waals surface area contributed by atoms with Gasteiger partial charge in [-0.3, -0.25) is 0 Å². The molecule has 8 heteroatoms. The summed E-state index contributed by atoms with van der Waals surface area (Å²) in [5, 5.41) is 6.98. The molecule has 1 aromatic carbocycles. The first-order valence-corrected chi connectivity index (χ1v) is 8.64. The number of fused-ring (bicyclic) bond motifs is 1.